The van der Waals surface area contributed by atoms with E-state index in [0.717, 1.165) is 43.8 Å². The number of hydrogen-bond acceptors (Lipinski definition) is 2. The van der Waals surface area contributed by atoms with E-state index in [0.29, 0.717) is 16.8 Å². The van der Waals surface area contributed by atoms with E-state index in [1.165, 1.54) is 15.6 Å². The molecule has 232 valence electrons. The molecule has 0 bridgehead atoms. The van der Waals surface area contributed by atoms with Crippen LogP contribution in [0.4, 0.5) is 5.69 Å². The van der Waals surface area contributed by atoms with Crippen molar-refractivity contribution < 1.29 is 0 Å². The lowest BCUT2D eigenvalue weighted by Gasteiger charge is -2.36. The lowest BCUT2D eigenvalue weighted by molar-refractivity contribution is 1.18. The standard InChI is InChI=1S/C45H28N4Si/c1-48-34-24-26-44-41(29-34)40-28-33(31-47)23-25-43(40)49(44)42-21-10-8-19-38(42)39-20-9-11-22-45(39)50(35-14-4-2-5-15-35,36-16-6-3-7-17-36)37-18-12-13-32(27-37)30-46/h2-29H. The van der Waals surface area contributed by atoms with Crippen molar-refractivity contribution >= 4 is 56.3 Å². The van der Waals surface area contributed by atoms with Crippen molar-refractivity contribution in [2.75, 3.05) is 0 Å². The van der Waals surface area contributed by atoms with Crippen LogP contribution in [0.25, 0.3) is 43.5 Å². The molecular formula is C45H28N4Si. The molecule has 0 radical (unpaired) electrons. The van der Waals surface area contributed by atoms with Gasteiger partial charge in [-0.2, -0.15) is 10.5 Å². The predicted molar refractivity (Wildman–Crippen MR) is 206 cm³/mol. The third-order valence-corrected chi connectivity index (χ3v) is 14.4. The number of nitrogens with zero attached hydrogens (tertiary/aromatic N) is 4. The van der Waals surface area contributed by atoms with Crippen LogP contribution in [-0.4, -0.2) is 12.6 Å². The monoisotopic (exact) mass is 652 g/mol. The Balaban J connectivity index is 1.49. The molecule has 0 aliphatic heterocycles. The van der Waals surface area contributed by atoms with Crippen molar-refractivity contribution in [2.45, 2.75) is 0 Å². The second-order valence-corrected chi connectivity index (χ2v) is 16.0. The number of hydrogen-bond donors (Lipinski definition) is 0. The van der Waals surface area contributed by atoms with Gasteiger partial charge in [0.25, 0.3) is 0 Å². The second kappa shape index (κ2) is 12.6. The Labute approximate surface area is 291 Å². The predicted octanol–water partition coefficient (Wildman–Crippen LogP) is 8.12. The molecule has 0 amide bonds. The Morgan fingerprint density at radius 3 is 1.74 bits per heavy atom. The first kappa shape index (κ1) is 30.4. The lowest BCUT2D eigenvalue weighted by atomic mass is 10.0. The van der Waals surface area contributed by atoms with Gasteiger partial charge in [-0.05, 0) is 80.2 Å². The zero-order chi connectivity index (χ0) is 34.1. The molecule has 8 aromatic rings. The van der Waals surface area contributed by atoms with Gasteiger partial charge in [-0.3, -0.25) is 0 Å². The average molecular weight is 653 g/mol. The molecule has 0 fully saturated rings. The van der Waals surface area contributed by atoms with Crippen LogP contribution in [0.2, 0.25) is 0 Å². The zero-order valence-electron chi connectivity index (χ0n) is 27.0. The molecule has 1 aromatic heterocycles. The Morgan fingerprint density at radius 2 is 1.06 bits per heavy atom. The molecule has 50 heavy (non-hydrogen) atoms. The van der Waals surface area contributed by atoms with E-state index in [9.17, 15) is 10.5 Å². The number of fused-ring (bicyclic) bond motifs is 3. The van der Waals surface area contributed by atoms with Crippen molar-refractivity contribution in [1.29, 1.82) is 10.5 Å². The van der Waals surface area contributed by atoms with Crippen LogP contribution in [0.5, 0.6) is 0 Å². The van der Waals surface area contributed by atoms with Crippen LogP contribution < -0.4 is 20.7 Å². The third-order valence-electron chi connectivity index (χ3n) is 9.61. The van der Waals surface area contributed by atoms with E-state index in [4.69, 9.17) is 6.57 Å². The van der Waals surface area contributed by atoms with Gasteiger partial charge in [0.1, 0.15) is 0 Å². The molecule has 0 aliphatic carbocycles. The van der Waals surface area contributed by atoms with Crippen molar-refractivity contribution in [3.8, 4) is 29.0 Å². The molecule has 7 aromatic carbocycles. The quantitative estimate of drug-likeness (QED) is 0.104. The minimum atomic E-state index is -3.04. The molecule has 0 saturated carbocycles. The highest BCUT2D eigenvalue weighted by Gasteiger charge is 2.43. The van der Waals surface area contributed by atoms with Gasteiger partial charge in [0.05, 0.1) is 46.6 Å². The highest BCUT2D eigenvalue weighted by molar-refractivity contribution is 7.20. The van der Waals surface area contributed by atoms with Gasteiger partial charge in [-0.1, -0.05) is 121 Å². The number of rotatable bonds is 6. The summed E-state index contributed by atoms with van der Waals surface area (Å²) in [6.45, 7) is 7.70. The van der Waals surface area contributed by atoms with Gasteiger partial charge in [0.15, 0.2) is 13.8 Å². The molecule has 0 saturated heterocycles. The largest absolute Gasteiger partial charge is 0.309 e. The van der Waals surface area contributed by atoms with Gasteiger partial charge in [-0.25, -0.2) is 4.85 Å². The maximum Gasteiger partial charge on any atom is 0.188 e. The number of benzene rings is 7. The molecular weight excluding hydrogens is 625 g/mol. The van der Waals surface area contributed by atoms with E-state index in [1.54, 1.807) is 0 Å². The summed E-state index contributed by atoms with van der Waals surface area (Å²) in [5.74, 6) is 0. The van der Waals surface area contributed by atoms with Gasteiger partial charge in [0.2, 0.25) is 0 Å². The molecule has 0 spiro atoms. The summed E-state index contributed by atoms with van der Waals surface area (Å²) in [4.78, 5) is 3.71. The number of nitriles is 2. The van der Waals surface area contributed by atoms with Crippen LogP contribution in [0.1, 0.15) is 11.1 Å². The van der Waals surface area contributed by atoms with Crippen molar-refractivity contribution in [3.63, 3.8) is 0 Å². The van der Waals surface area contributed by atoms with Crippen molar-refractivity contribution in [1.82, 2.24) is 4.57 Å². The maximum absolute atomic E-state index is 10.1. The minimum Gasteiger partial charge on any atom is -0.309 e. The van der Waals surface area contributed by atoms with E-state index in [1.807, 2.05) is 48.5 Å². The molecule has 0 N–H and O–H groups in total. The Bertz CT molecular complexity index is 2580. The smallest absolute Gasteiger partial charge is 0.188 e. The highest BCUT2D eigenvalue weighted by Crippen LogP contribution is 2.38. The van der Waals surface area contributed by atoms with Gasteiger partial charge < -0.3 is 4.57 Å². The Morgan fingerprint density at radius 1 is 0.500 bits per heavy atom. The average Bonchev–Trinajstić information content (AvgIpc) is 3.52. The van der Waals surface area contributed by atoms with Crippen LogP contribution >= 0.6 is 0 Å². The van der Waals surface area contributed by atoms with Gasteiger partial charge in [-0.15, -0.1) is 0 Å². The first-order valence-electron chi connectivity index (χ1n) is 16.3. The summed E-state index contributed by atoms with van der Waals surface area (Å²) in [6.07, 6.45) is 0. The van der Waals surface area contributed by atoms with E-state index in [-0.39, 0.29) is 0 Å². The maximum atomic E-state index is 10.1. The van der Waals surface area contributed by atoms with Crippen molar-refractivity contribution in [3.05, 3.63) is 192 Å². The summed E-state index contributed by atoms with van der Waals surface area (Å²) in [7, 11) is -3.04. The zero-order valence-corrected chi connectivity index (χ0v) is 28.0. The molecule has 0 unspecified atom stereocenters. The fourth-order valence-corrected chi connectivity index (χ4v) is 12.5. The summed E-state index contributed by atoms with van der Waals surface area (Å²) in [5, 5.41) is 26.5. The minimum absolute atomic E-state index is 0.554. The van der Waals surface area contributed by atoms with Gasteiger partial charge in [0, 0.05) is 10.9 Å². The number of para-hydroxylation sites is 1. The topological polar surface area (TPSA) is 56.9 Å². The fraction of sp³-hybridized carbons (Fsp3) is 0. The Hall–Kier alpha value is -6.97. The second-order valence-electron chi connectivity index (χ2n) is 12.2. The molecule has 0 atom stereocenters. The highest BCUT2D eigenvalue weighted by atomic mass is 28.3. The van der Waals surface area contributed by atoms with E-state index < -0.39 is 8.07 Å². The van der Waals surface area contributed by atoms with Crippen LogP contribution in [0.15, 0.2) is 170 Å². The summed E-state index contributed by atoms with van der Waals surface area (Å²) < 4.78 is 2.26. The molecule has 0 aliphatic rings. The summed E-state index contributed by atoms with van der Waals surface area (Å²) in [5.41, 5.74) is 6.83. The molecule has 4 nitrogen and oxygen atoms in total. The van der Waals surface area contributed by atoms with Crippen molar-refractivity contribution in [2.24, 2.45) is 0 Å². The van der Waals surface area contributed by atoms with Gasteiger partial charge >= 0.3 is 0 Å². The fourth-order valence-electron chi connectivity index (χ4n) is 7.52. The molecule has 5 heteroatoms. The third kappa shape index (κ3) is 4.80. The molecule has 1 heterocycles. The summed E-state index contributed by atoms with van der Waals surface area (Å²) in [6, 6.07) is 63.1. The first-order chi connectivity index (χ1) is 24.7. The van der Waals surface area contributed by atoms with E-state index in [2.05, 4.69) is 143 Å². The lowest BCUT2D eigenvalue weighted by Crippen LogP contribution is -2.75. The first-order valence-corrected chi connectivity index (χ1v) is 18.3. The van der Waals surface area contributed by atoms with Crippen LogP contribution in [0.3, 0.4) is 0 Å². The summed E-state index contributed by atoms with van der Waals surface area (Å²) >= 11 is 0. The van der Waals surface area contributed by atoms with Crippen LogP contribution in [-0.2, 0) is 0 Å². The van der Waals surface area contributed by atoms with E-state index >= 15 is 0 Å². The van der Waals surface area contributed by atoms with Crippen LogP contribution in [0, 0.1) is 29.2 Å². The molecule has 8 rings (SSSR count). The SMILES string of the molecule is [C-]#[N+]c1ccc2c(c1)c1cc(C#N)ccc1n2-c1ccccc1-c1ccccc1[Si](c1ccccc1)(c1ccccc1)c1cccc(C#N)c1. The number of aromatic nitrogens is 1. The normalized spacial score (nSPS) is 11.1. The Kier molecular flexibility index (Phi) is 7.63.